The zero-order valence-corrected chi connectivity index (χ0v) is 25.4. The highest BCUT2D eigenvalue weighted by atomic mass is 35.5. The molecule has 3 N–H and O–H groups in total. The van der Waals surface area contributed by atoms with Crippen LogP contribution in [0.25, 0.3) is 22.0 Å². The molecule has 2 aromatic carbocycles. The Morgan fingerprint density at radius 1 is 1.09 bits per heavy atom. The number of nitrogens with one attached hydrogen (secondary N) is 3. The fraction of sp³-hybridized carbons (Fsp3) is 0.345. The van der Waals surface area contributed by atoms with Gasteiger partial charge in [-0.2, -0.15) is 13.2 Å². The molecule has 2 atom stereocenters. The van der Waals surface area contributed by atoms with Crippen molar-refractivity contribution >= 4 is 44.8 Å². The van der Waals surface area contributed by atoms with Crippen molar-refractivity contribution in [3.63, 3.8) is 0 Å². The van der Waals surface area contributed by atoms with Crippen molar-refractivity contribution in [3.05, 3.63) is 66.2 Å². The van der Waals surface area contributed by atoms with E-state index in [2.05, 4.69) is 25.6 Å². The van der Waals surface area contributed by atoms with Crippen LogP contribution in [-0.2, 0) is 10.0 Å². The van der Waals surface area contributed by atoms with E-state index >= 15 is 0 Å². The molecule has 0 bridgehead atoms. The molecule has 2 aromatic heterocycles. The molecular formula is C29H31ClF4N6O3S. The summed E-state index contributed by atoms with van der Waals surface area (Å²) < 4.78 is 87.6. The molecule has 236 valence electrons. The predicted molar refractivity (Wildman–Crippen MR) is 163 cm³/mol. The van der Waals surface area contributed by atoms with Crippen molar-refractivity contribution in [3.8, 4) is 22.9 Å². The highest BCUT2D eigenvalue weighted by Crippen LogP contribution is 2.40. The Bertz CT molecular complexity index is 1740. The van der Waals surface area contributed by atoms with Crippen molar-refractivity contribution in [1.82, 2.24) is 20.3 Å². The van der Waals surface area contributed by atoms with Gasteiger partial charge in [0.2, 0.25) is 21.9 Å². The average molecular weight is 655 g/mol. The number of halogens is 5. The Morgan fingerprint density at radius 3 is 2.59 bits per heavy atom. The van der Waals surface area contributed by atoms with E-state index in [4.69, 9.17) is 4.74 Å². The van der Waals surface area contributed by atoms with Gasteiger partial charge in [0.1, 0.15) is 11.6 Å². The standard InChI is InChI=1S/C29H30F4N6O3S.ClH/c1-17-7-8-20-21(9-10-23(30)25(20)39-43(40,41)16-18(2)29(31,32)33)26(17)42-27-22(6-4-13-35-27)24-11-14-36-28(38-24)37-19-5-3-12-34-15-19;/h4,6-11,13-14,18-19,34,39H,3,5,12,15-16H2,1-2H3,(H,36,37,38);1H/t18?,19-;/m0./s1. The Balaban J connectivity index is 0.00000442. The molecule has 0 amide bonds. The SMILES string of the molecule is Cc1ccc2c(NS(=O)(=O)CC(C)C(F)(F)F)c(F)ccc2c1Oc1ncccc1-c1ccnc(N[C@H]2CCCNC2)n1.Cl. The lowest BCUT2D eigenvalue weighted by Gasteiger charge is -2.23. The predicted octanol–water partition coefficient (Wildman–Crippen LogP) is 6.46. The number of benzene rings is 2. The fourth-order valence-electron chi connectivity index (χ4n) is 4.82. The van der Waals surface area contributed by atoms with Gasteiger partial charge in [0.25, 0.3) is 0 Å². The van der Waals surface area contributed by atoms with Gasteiger partial charge in [0, 0.05) is 35.8 Å². The minimum Gasteiger partial charge on any atom is -0.437 e. The van der Waals surface area contributed by atoms with E-state index in [-0.39, 0.29) is 35.5 Å². The summed E-state index contributed by atoms with van der Waals surface area (Å²) in [6, 6.07) is 10.9. The Hall–Kier alpha value is -3.75. The lowest BCUT2D eigenvalue weighted by molar-refractivity contribution is -0.163. The monoisotopic (exact) mass is 654 g/mol. The van der Waals surface area contributed by atoms with Crippen LogP contribution in [0.1, 0.15) is 25.3 Å². The molecule has 5 rings (SSSR count). The summed E-state index contributed by atoms with van der Waals surface area (Å²) >= 11 is 0. The molecule has 15 heteroatoms. The van der Waals surface area contributed by atoms with Gasteiger partial charge in [-0.05, 0) is 62.2 Å². The van der Waals surface area contributed by atoms with Gasteiger partial charge < -0.3 is 15.4 Å². The highest BCUT2D eigenvalue weighted by molar-refractivity contribution is 7.92. The van der Waals surface area contributed by atoms with Gasteiger partial charge in [0.05, 0.1) is 28.6 Å². The van der Waals surface area contributed by atoms with Gasteiger partial charge in [-0.3, -0.25) is 4.72 Å². The number of rotatable bonds is 9. The first-order valence-electron chi connectivity index (χ1n) is 13.6. The molecule has 1 saturated heterocycles. The van der Waals surface area contributed by atoms with Crippen LogP contribution in [0.2, 0.25) is 0 Å². The summed E-state index contributed by atoms with van der Waals surface area (Å²) in [6.07, 6.45) is 0.471. The molecule has 9 nitrogen and oxygen atoms in total. The van der Waals surface area contributed by atoms with E-state index < -0.39 is 39.4 Å². The van der Waals surface area contributed by atoms with E-state index in [0.717, 1.165) is 38.9 Å². The number of hydrogen-bond acceptors (Lipinski definition) is 8. The number of sulfonamides is 1. The highest BCUT2D eigenvalue weighted by Gasteiger charge is 2.39. The van der Waals surface area contributed by atoms with Crippen molar-refractivity contribution < 1.29 is 30.7 Å². The normalized spacial score (nSPS) is 16.2. The summed E-state index contributed by atoms with van der Waals surface area (Å²) in [5, 5.41) is 7.12. The number of fused-ring (bicyclic) bond motifs is 1. The first-order chi connectivity index (χ1) is 20.4. The molecule has 4 aromatic rings. The molecule has 0 spiro atoms. The first kappa shape index (κ1) is 33.1. The second-order valence-corrected chi connectivity index (χ2v) is 12.2. The fourth-order valence-corrected chi connectivity index (χ4v) is 6.27. The van der Waals surface area contributed by atoms with Crippen LogP contribution in [0.15, 0.2) is 54.9 Å². The molecule has 44 heavy (non-hydrogen) atoms. The number of pyridine rings is 1. The Morgan fingerprint density at radius 2 is 1.86 bits per heavy atom. The third-order valence-corrected chi connectivity index (χ3v) is 8.57. The minimum absolute atomic E-state index is 0. The summed E-state index contributed by atoms with van der Waals surface area (Å²) in [4.78, 5) is 13.4. The topological polar surface area (TPSA) is 118 Å². The van der Waals surface area contributed by atoms with Crippen LogP contribution < -0.4 is 20.1 Å². The molecule has 0 aliphatic carbocycles. The van der Waals surface area contributed by atoms with Gasteiger partial charge >= 0.3 is 6.18 Å². The molecule has 1 aliphatic rings. The number of anilines is 2. The third kappa shape index (κ3) is 7.66. The molecule has 0 radical (unpaired) electrons. The maximum atomic E-state index is 14.9. The van der Waals surface area contributed by atoms with Crippen LogP contribution in [0.5, 0.6) is 11.6 Å². The van der Waals surface area contributed by atoms with E-state index in [1.165, 1.54) is 18.3 Å². The van der Waals surface area contributed by atoms with Gasteiger partial charge in [-0.1, -0.05) is 19.1 Å². The zero-order valence-electron chi connectivity index (χ0n) is 23.8. The number of alkyl halides is 3. The first-order valence-corrected chi connectivity index (χ1v) is 15.3. The third-order valence-electron chi connectivity index (χ3n) is 7.11. The van der Waals surface area contributed by atoms with Crippen LogP contribution in [-0.4, -0.2) is 54.4 Å². The molecule has 1 aliphatic heterocycles. The molecule has 1 fully saturated rings. The molecule has 1 unspecified atom stereocenters. The number of aryl methyl sites for hydroxylation is 1. The number of nitrogens with zero attached hydrogens (tertiary/aromatic N) is 3. The van der Waals surface area contributed by atoms with Crippen molar-refractivity contribution in [2.75, 3.05) is 28.9 Å². The molecular weight excluding hydrogens is 624 g/mol. The van der Waals surface area contributed by atoms with Gasteiger partial charge in [-0.25, -0.2) is 27.8 Å². The van der Waals surface area contributed by atoms with Crippen LogP contribution in [0, 0.1) is 18.7 Å². The Kier molecular flexibility index (Phi) is 10.2. The van der Waals surface area contributed by atoms with E-state index in [0.29, 0.717) is 28.2 Å². The second kappa shape index (κ2) is 13.5. The minimum atomic E-state index is -4.72. The van der Waals surface area contributed by atoms with E-state index in [1.807, 2.05) is 4.72 Å². The van der Waals surface area contributed by atoms with Crippen LogP contribution in [0.4, 0.5) is 29.2 Å². The van der Waals surface area contributed by atoms with E-state index in [1.54, 1.807) is 37.4 Å². The van der Waals surface area contributed by atoms with Crippen LogP contribution >= 0.6 is 12.4 Å². The average Bonchev–Trinajstić information content (AvgIpc) is 2.96. The zero-order chi connectivity index (χ0) is 30.8. The van der Waals surface area contributed by atoms with Crippen molar-refractivity contribution in [2.45, 2.75) is 38.9 Å². The number of aromatic nitrogens is 3. The summed E-state index contributed by atoms with van der Waals surface area (Å²) in [7, 11) is -4.56. The van der Waals surface area contributed by atoms with Crippen LogP contribution in [0.3, 0.4) is 0 Å². The summed E-state index contributed by atoms with van der Waals surface area (Å²) in [5.74, 6) is -3.45. The number of hydrogen-bond donors (Lipinski definition) is 3. The van der Waals surface area contributed by atoms with Crippen molar-refractivity contribution in [1.29, 1.82) is 0 Å². The summed E-state index contributed by atoms with van der Waals surface area (Å²) in [5.41, 5.74) is 1.25. The lowest BCUT2D eigenvalue weighted by Crippen LogP contribution is -2.38. The lowest BCUT2D eigenvalue weighted by atomic mass is 10.0. The van der Waals surface area contributed by atoms with Gasteiger partial charge in [-0.15, -0.1) is 12.4 Å². The number of piperidine rings is 1. The Labute approximate surface area is 258 Å². The maximum Gasteiger partial charge on any atom is 0.392 e. The molecule has 3 heterocycles. The smallest absolute Gasteiger partial charge is 0.392 e. The molecule has 0 saturated carbocycles. The van der Waals surface area contributed by atoms with Gasteiger partial charge in [0.15, 0.2) is 0 Å². The largest absolute Gasteiger partial charge is 0.437 e. The summed E-state index contributed by atoms with van der Waals surface area (Å²) in [6.45, 7) is 4.28. The number of ether oxygens (including phenoxy) is 1. The van der Waals surface area contributed by atoms with Crippen molar-refractivity contribution in [2.24, 2.45) is 5.92 Å². The van der Waals surface area contributed by atoms with E-state index in [9.17, 15) is 26.0 Å². The maximum absolute atomic E-state index is 14.9. The second-order valence-electron chi connectivity index (χ2n) is 10.5. The quantitative estimate of drug-likeness (QED) is 0.176.